The topological polar surface area (TPSA) is 255 Å². The molecule has 0 bridgehead atoms. The number of nitrogens with zero attached hydrogens (tertiary/aromatic N) is 7. The van der Waals surface area contributed by atoms with E-state index in [1.54, 1.807) is 48.5 Å². The summed E-state index contributed by atoms with van der Waals surface area (Å²) in [5, 5.41) is 13.1. The Labute approximate surface area is 465 Å². The number of piperidine rings is 1. The molecule has 0 spiro atoms. The van der Waals surface area contributed by atoms with Gasteiger partial charge < -0.3 is 50.4 Å². The number of anilines is 8. The number of sulfonamides is 1. The number of hydrogen-bond acceptors (Lipinski definition) is 16. The van der Waals surface area contributed by atoms with Gasteiger partial charge in [0.25, 0.3) is 11.8 Å². The number of carbonyl (C=O) groups is 4. The standard InChI is InChI=1S/C56H62F3N11O10S/c1-6-79-47-30-36(14-18-41(47)64-54-62-33-45-51(65-54)70(81(5,75)76)43-10-8-7-9-40(43)53(74)67(45)4)68-22-19-34(20-23-68)52(73)61-21-24-77-25-26-78-27-28-80-38-15-11-35(12-16-38)63-42-29-37(13-17-39(42)50(60)72)69-44-31-55(2,3)32-46(71)48(44)49(66-69)56(57,58)59/h7-18,29-30,33-34,63H,6,19-28,31-32H2,1-5H3,(H2,60,72)(H,61,73)(H,62,64,65). The van der Waals surface area contributed by atoms with Crippen molar-refractivity contribution in [2.24, 2.45) is 17.1 Å². The molecule has 4 aromatic carbocycles. The van der Waals surface area contributed by atoms with Crippen molar-refractivity contribution in [1.29, 1.82) is 0 Å². The van der Waals surface area contributed by atoms with Crippen molar-refractivity contribution in [2.75, 3.05) is 97.3 Å². The molecule has 428 valence electrons. The van der Waals surface area contributed by atoms with Gasteiger partial charge in [-0.05, 0) is 98.3 Å². The number of para-hydroxylation sites is 1. The van der Waals surface area contributed by atoms with Gasteiger partial charge in [-0.2, -0.15) is 23.3 Å². The van der Waals surface area contributed by atoms with Gasteiger partial charge in [0, 0.05) is 56.5 Å². The van der Waals surface area contributed by atoms with Crippen LogP contribution in [0.4, 0.5) is 59.1 Å². The minimum Gasteiger partial charge on any atom is -0.492 e. The van der Waals surface area contributed by atoms with Gasteiger partial charge in [-0.15, -0.1) is 0 Å². The van der Waals surface area contributed by atoms with Gasteiger partial charge in [0.15, 0.2) is 17.3 Å². The summed E-state index contributed by atoms with van der Waals surface area (Å²) in [6, 6.07) is 23.2. The quantitative estimate of drug-likeness (QED) is 0.0499. The van der Waals surface area contributed by atoms with Crippen LogP contribution in [0.1, 0.15) is 82.5 Å². The summed E-state index contributed by atoms with van der Waals surface area (Å²) < 4.78 is 94.1. The molecule has 81 heavy (non-hydrogen) atoms. The molecule has 1 saturated heterocycles. The van der Waals surface area contributed by atoms with Crippen LogP contribution in [0.5, 0.6) is 11.5 Å². The second-order valence-corrected chi connectivity index (χ2v) is 22.3. The van der Waals surface area contributed by atoms with Crippen LogP contribution in [0.3, 0.4) is 0 Å². The van der Waals surface area contributed by atoms with Crippen LogP contribution in [0.25, 0.3) is 5.69 Å². The number of halogens is 3. The van der Waals surface area contributed by atoms with Crippen LogP contribution in [0.2, 0.25) is 0 Å². The Balaban J connectivity index is 0.687. The molecule has 3 aliphatic rings. The predicted octanol–water partition coefficient (Wildman–Crippen LogP) is 7.95. The molecule has 0 unspecified atom stereocenters. The summed E-state index contributed by atoms with van der Waals surface area (Å²) in [5.41, 5.74) is 6.65. The summed E-state index contributed by atoms with van der Waals surface area (Å²) in [7, 11) is -2.41. The summed E-state index contributed by atoms with van der Waals surface area (Å²) in [5.74, 6) is -0.845. The van der Waals surface area contributed by atoms with Crippen molar-refractivity contribution in [3.63, 3.8) is 0 Å². The van der Waals surface area contributed by atoms with E-state index in [-0.39, 0.29) is 89.2 Å². The van der Waals surface area contributed by atoms with E-state index >= 15 is 0 Å². The SMILES string of the molecule is CCOc1cc(N2CCC(C(=O)NCCOCCOCCOc3ccc(Nc4cc(-n5nc(C(F)(F)F)c6c5CC(C)(C)CC6=O)ccc4C(N)=O)cc3)CC2)ccc1Nc1ncc2c(n1)N(S(C)(=O)=O)c1ccccc1C(=O)N2C. The van der Waals surface area contributed by atoms with E-state index in [1.807, 2.05) is 39.0 Å². The van der Waals surface area contributed by atoms with Crippen molar-refractivity contribution in [3.05, 3.63) is 119 Å². The maximum absolute atomic E-state index is 14.1. The molecule has 0 radical (unpaired) electrons. The van der Waals surface area contributed by atoms with Crippen LogP contribution in [0.15, 0.2) is 91.1 Å². The molecule has 1 fully saturated rings. The highest BCUT2D eigenvalue weighted by Crippen LogP contribution is 2.44. The lowest BCUT2D eigenvalue weighted by atomic mass is 9.75. The van der Waals surface area contributed by atoms with Crippen molar-refractivity contribution in [1.82, 2.24) is 25.1 Å². The molecule has 1 aliphatic carbocycles. The molecule has 2 aromatic heterocycles. The van der Waals surface area contributed by atoms with Gasteiger partial charge in [0.2, 0.25) is 21.9 Å². The highest BCUT2D eigenvalue weighted by molar-refractivity contribution is 7.92. The number of carbonyl (C=O) groups excluding carboxylic acids is 4. The molecule has 21 nitrogen and oxygen atoms in total. The zero-order valence-corrected chi connectivity index (χ0v) is 46.1. The molecule has 2 aliphatic heterocycles. The third kappa shape index (κ3) is 13.0. The van der Waals surface area contributed by atoms with Crippen LogP contribution in [-0.2, 0) is 36.9 Å². The number of nitrogens with one attached hydrogen (secondary N) is 3. The van der Waals surface area contributed by atoms with Crippen molar-refractivity contribution >= 4 is 79.4 Å². The number of aromatic nitrogens is 4. The number of benzene rings is 4. The monoisotopic (exact) mass is 1140 g/mol. The first-order chi connectivity index (χ1) is 38.6. The van der Waals surface area contributed by atoms with E-state index in [0.29, 0.717) is 81.8 Å². The second kappa shape index (κ2) is 23.8. The molecule has 9 rings (SSSR count). The van der Waals surface area contributed by atoms with Gasteiger partial charge in [0.1, 0.15) is 23.8 Å². The minimum atomic E-state index is -4.85. The van der Waals surface area contributed by atoms with Crippen LogP contribution in [-0.4, -0.2) is 124 Å². The highest BCUT2D eigenvalue weighted by atomic mass is 32.2. The molecule has 25 heteroatoms. The number of rotatable bonds is 21. The Morgan fingerprint density at radius 1 is 0.840 bits per heavy atom. The van der Waals surface area contributed by atoms with E-state index in [9.17, 15) is 40.8 Å². The third-order valence-electron chi connectivity index (χ3n) is 13.9. The van der Waals surface area contributed by atoms with E-state index in [0.717, 1.165) is 20.9 Å². The van der Waals surface area contributed by atoms with Gasteiger partial charge in [-0.25, -0.2) is 22.4 Å². The summed E-state index contributed by atoms with van der Waals surface area (Å²) in [6.07, 6.45) is -0.979. The Bertz CT molecular complexity index is 3460. The summed E-state index contributed by atoms with van der Waals surface area (Å²) in [4.78, 5) is 64.4. The number of hydrogen-bond donors (Lipinski definition) is 4. The zero-order chi connectivity index (χ0) is 57.8. The molecule has 3 amide bonds. The number of nitrogens with two attached hydrogens (primary N) is 1. The van der Waals surface area contributed by atoms with Crippen LogP contribution in [0, 0.1) is 11.3 Å². The zero-order valence-electron chi connectivity index (χ0n) is 45.3. The van der Waals surface area contributed by atoms with Crippen molar-refractivity contribution in [3.8, 4) is 17.2 Å². The maximum Gasteiger partial charge on any atom is 0.435 e. The second-order valence-electron chi connectivity index (χ2n) is 20.4. The Morgan fingerprint density at radius 3 is 2.25 bits per heavy atom. The third-order valence-corrected chi connectivity index (χ3v) is 14.9. The fourth-order valence-electron chi connectivity index (χ4n) is 10.1. The molecule has 5 N–H and O–H groups in total. The highest BCUT2D eigenvalue weighted by Gasteiger charge is 2.46. The summed E-state index contributed by atoms with van der Waals surface area (Å²) >= 11 is 0. The molecule has 6 aromatic rings. The lowest BCUT2D eigenvalue weighted by molar-refractivity contribution is -0.141. The van der Waals surface area contributed by atoms with Crippen LogP contribution < -0.4 is 45.3 Å². The van der Waals surface area contributed by atoms with Gasteiger partial charge in [-0.1, -0.05) is 26.0 Å². The van der Waals surface area contributed by atoms with Gasteiger partial charge in [-0.3, -0.25) is 19.2 Å². The van der Waals surface area contributed by atoms with E-state index in [1.165, 1.54) is 36.3 Å². The number of alkyl halides is 3. The van der Waals surface area contributed by atoms with Gasteiger partial charge in [0.05, 0.1) is 90.6 Å². The molecule has 4 heterocycles. The fourth-order valence-corrected chi connectivity index (χ4v) is 11.0. The maximum atomic E-state index is 14.1. The predicted molar refractivity (Wildman–Crippen MR) is 297 cm³/mol. The molecule has 0 saturated carbocycles. The number of amides is 3. The Kier molecular flexibility index (Phi) is 16.9. The van der Waals surface area contributed by atoms with Crippen molar-refractivity contribution < 1.29 is 59.7 Å². The lowest BCUT2D eigenvalue weighted by Gasteiger charge is -2.33. The average Bonchev–Trinajstić information content (AvgIpc) is 4.08. The smallest absolute Gasteiger partial charge is 0.435 e. The van der Waals surface area contributed by atoms with Gasteiger partial charge >= 0.3 is 6.18 Å². The minimum absolute atomic E-state index is 0.0136. The first-order valence-corrected chi connectivity index (χ1v) is 28.1. The van der Waals surface area contributed by atoms with E-state index in [4.69, 9.17) is 24.7 Å². The number of fused-ring (bicyclic) bond motifs is 3. The number of ether oxygens (including phenoxy) is 4. The summed E-state index contributed by atoms with van der Waals surface area (Å²) in [6.45, 7) is 8.87. The lowest BCUT2D eigenvalue weighted by Crippen LogP contribution is -2.41. The molecular weight excluding hydrogens is 1080 g/mol. The Hall–Kier alpha value is -8.29. The number of ketones is 1. The average molecular weight is 1140 g/mol. The molecular formula is C56H62F3N11O10S. The first kappa shape index (κ1) is 57.4. The number of primary amides is 1. The Morgan fingerprint density at radius 2 is 1.54 bits per heavy atom. The number of Topliss-reactive ketones (excluding diaryl/α,β-unsaturated/α-hetero) is 1. The van der Waals surface area contributed by atoms with E-state index in [2.05, 4.69) is 35.9 Å². The van der Waals surface area contributed by atoms with Crippen molar-refractivity contribution in [2.45, 2.75) is 52.6 Å². The van der Waals surface area contributed by atoms with E-state index < -0.39 is 50.5 Å². The first-order valence-electron chi connectivity index (χ1n) is 26.2. The fraction of sp³-hybridized carbons (Fsp3) is 0.375. The largest absolute Gasteiger partial charge is 0.492 e. The van der Waals surface area contributed by atoms with Crippen LogP contribution >= 0.6 is 0 Å². The molecule has 0 atom stereocenters. The normalized spacial score (nSPS) is 15.3.